The van der Waals surface area contributed by atoms with Crippen LogP contribution in [0.25, 0.3) is 0 Å². The maximum atomic E-state index is 13.6. The highest BCUT2D eigenvalue weighted by molar-refractivity contribution is 5.95. The molecule has 1 aromatic carbocycles. The molecule has 1 rings (SSSR count). The molecule has 0 aromatic heterocycles. The number of esters is 1. The van der Waals surface area contributed by atoms with Gasteiger partial charge in [0.2, 0.25) is 0 Å². The van der Waals surface area contributed by atoms with Crippen LogP contribution in [0, 0.1) is 11.7 Å². The van der Waals surface area contributed by atoms with Gasteiger partial charge in [0.05, 0.1) is 6.04 Å². The molecule has 3 N–H and O–H groups in total. The minimum absolute atomic E-state index is 0.0363. The molecule has 0 saturated carbocycles. The molecule has 5 nitrogen and oxygen atoms in total. The van der Waals surface area contributed by atoms with Crippen LogP contribution in [0.4, 0.5) is 4.39 Å². The lowest BCUT2D eigenvalue weighted by Crippen LogP contribution is -2.39. The second kappa shape index (κ2) is 6.00. The van der Waals surface area contributed by atoms with Crippen molar-refractivity contribution in [2.24, 2.45) is 11.7 Å². The summed E-state index contributed by atoms with van der Waals surface area (Å²) in [5.74, 6) is -4.75. The van der Waals surface area contributed by atoms with Crippen LogP contribution >= 0.6 is 0 Å². The predicted octanol–water partition coefficient (Wildman–Crippen LogP) is 1.87. The molecule has 2 atom stereocenters. The van der Waals surface area contributed by atoms with Crippen molar-refractivity contribution in [3.63, 3.8) is 0 Å². The van der Waals surface area contributed by atoms with Gasteiger partial charge in [-0.05, 0) is 26.8 Å². The van der Waals surface area contributed by atoms with E-state index in [0.29, 0.717) is 0 Å². The van der Waals surface area contributed by atoms with Crippen LogP contribution in [-0.4, -0.2) is 22.6 Å². The van der Waals surface area contributed by atoms with Crippen LogP contribution in [0.5, 0.6) is 0 Å². The molecule has 0 bridgehead atoms. The van der Waals surface area contributed by atoms with Crippen LogP contribution in [0.3, 0.4) is 0 Å². The summed E-state index contributed by atoms with van der Waals surface area (Å²) < 4.78 is 18.7. The number of rotatable bonds is 4. The van der Waals surface area contributed by atoms with Crippen molar-refractivity contribution in [2.75, 3.05) is 0 Å². The quantitative estimate of drug-likeness (QED) is 0.650. The van der Waals surface area contributed by atoms with Crippen molar-refractivity contribution in [3.8, 4) is 0 Å². The van der Waals surface area contributed by atoms with Gasteiger partial charge in [0.1, 0.15) is 11.4 Å². The Morgan fingerprint density at radius 3 is 2.30 bits per heavy atom. The van der Waals surface area contributed by atoms with Gasteiger partial charge in [0, 0.05) is 5.56 Å². The molecule has 1 aromatic rings. The zero-order chi connectivity index (χ0) is 15.5. The number of aliphatic carboxylic acids is 1. The number of benzene rings is 1. The summed E-state index contributed by atoms with van der Waals surface area (Å²) >= 11 is 0. The summed E-state index contributed by atoms with van der Waals surface area (Å²) in [6, 6.07) is 4.16. The first-order chi connectivity index (χ1) is 9.13. The Morgan fingerprint density at radius 2 is 1.85 bits per heavy atom. The lowest BCUT2D eigenvalue weighted by atomic mass is 9.93. The summed E-state index contributed by atoms with van der Waals surface area (Å²) in [6.07, 6.45) is 0. The van der Waals surface area contributed by atoms with Crippen molar-refractivity contribution >= 4 is 11.9 Å². The van der Waals surface area contributed by atoms with Crippen LogP contribution in [0.2, 0.25) is 0 Å². The normalized spacial score (nSPS) is 14.4. The monoisotopic (exact) mass is 283 g/mol. The molecule has 0 aliphatic heterocycles. The minimum Gasteiger partial charge on any atom is -0.481 e. The first-order valence-corrected chi connectivity index (χ1v) is 6.09. The molecule has 0 amide bonds. The average Bonchev–Trinajstić information content (AvgIpc) is 2.26. The lowest BCUT2D eigenvalue weighted by Gasteiger charge is -2.25. The maximum Gasteiger partial charge on any atom is 0.322 e. The smallest absolute Gasteiger partial charge is 0.322 e. The Balaban J connectivity index is 3.06. The van der Waals surface area contributed by atoms with Crippen molar-refractivity contribution in [2.45, 2.75) is 32.4 Å². The van der Waals surface area contributed by atoms with E-state index in [-0.39, 0.29) is 5.56 Å². The van der Waals surface area contributed by atoms with E-state index in [2.05, 4.69) is 0 Å². The molecule has 2 unspecified atom stereocenters. The molecule has 0 radical (unpaired) electrons. The molecule has 0 saturated heterocycles. The molecule has 20 heavy (non-hydrogen) atoms. The van der Waals surface area contributed by atoms with Gasteiger partial charge in [-0.2, -0.15) is 0 Å². The molecule has 6 heteroatoms. The van der Waals surface area contributed by atoms with Gasteiger partial charge in [0.15, 0.2) is 5.92 Å². The molecule has 0 heterocycles. The van der Waals surface area contributed by atoms with Gasteiger partial charge in [-0.15, -0.1) is 0 Å². The van der Waals surface area contributed by atoms with Crippen molar-refractivity contribution in [1.82, 2.24) is 0 Å². The van der Waals surface area contributed by atoms with Gasteiger partial charge >= 0.3 is 11.9 Å². The number of carbonyl (C=O) groups excluding carboxylic acids is 1. The molecule has 110 valence electrons. The van der Waals surface area contributed by atoms with Gasteiger partial charge in [-0.3, -0.25) is 9.59 Å². The van der Waals surface area contributed by atoms with E-state index in [0.717, 1.165) is 6.07 Å². The SMILES string of the molecule is CC(C)(C)OC(=O)C(C(=O)O)C(N)c1ccccc1F. The fourth-order valence-electron chi connectivity index (χ4n) is 1.69. The highest BCUT2D eigenvalue weighted by atomic mass is 19.1. The van der Waals surface area contributed by atoms with Gasteiger partial charge in [-0.25, -0.2) is 4.39 Å². The largest absolute Gasteiger partial charge is 0.481 e. The summed E-state index contributed by atoms with van der Waals surface area (Å²) in [5.41, 5.74) is 4.86. The summed E-state index contributed by atoms with van der Waals surface area (Å²) in [4.78, 5) is 23.2. The third-order valence-electron chi connectivity index (χ3n) is 2.55. The van der Waals surface area contributed by atoms with E-state index >= 15 is 0 Å². The van der Waals surface area contributed by atoms with E-state index in [4.69, 9.17) is 15.6 Å². The fourth-order valence-corrected chi connectivity index (χ4v) is 1.69. The Labute approximate surface area is 116 Å². The summed E-state index contributed by atoms with van der Waals surface area (Å²) in [6.45, 7) is 4.83. The van der Waals surface area contributed by atoms with Crippen LogP contribution in [-0.2, 0) is 14.3 Å². The average molecular weight is 283 g/mol. The molecule has 0 aliphatic rings. The number of hydrogen-bond donors (Lipinski definition) is 2. The highest BCUT2D eigenvalue weighted by Gasteiger charge is 2.38. The molecule has 0 aliphatic carbocycles. The van der Waals surface area contributed by atoms with E-state index in [1.807, 2.05) is 0 Å². The van der Waals surface area contributed by atoms with Crippen LogP contribution in [0.1, 0.15) is 32.4 Å². The van der Waals surface area contributed by atoms with Crippen molar-refractivity contribution in [1.29, 1.82) is 0 Å². The first kappa shape index (κ1) is 16.1. The zero-order valence-electron chi connectivity index (χ0n) is 11.6. The minimum atomic E-state index is -1.66. The van der Waals surface area contributed by atoms with Crippen molar-refractivity contribution < 1.29 is 23.8 Å². The number of hydrogen-bond acceptors (Lipinski definition) is 4. The molecule has 0 spiro atoms. The first-order valence-electron chi connectivity index (χ1n) is 6.09. The van der Waals surface area contributed by atoms with Crippen molar-refractivity contribution in [3.05, 3.63) is 35.6 Å². The number of ether oxygens (including phenoxy) is 1. The molecular formula is C14H18FNO4. The van der Waals surface area contributed by atoms with E-state index in [1.165, 1.54) is 18.2 Å². The van der Waals surface area contributed by atoms with Crippen LogP contribution in [0.15, 0.2) is 24.3 Å². The number of carbonyl (C=O) groups is 2. The molecule has 0 fully saturated rings. The third-order valence-corrected chi connectivity index (χ3v) is 2.55. The molecular weight excluding hydrogens is 265 g/mol. The summed E-state index contributed by atoms with van der Waals surface area (Å²) in [7, 11) is 0. The van der Waals surface area contributed by atoms with Crippen LogP contribution < -0.4 is 5.73 Å². The topological polar surface area (TPSA) is 89.6 Å². The second-order valence-corrected chi connectivity index (χ2v) is 5.40. The van der Waals surface area contributed by atoms with Gasteiger partial charge in [-0.1, -0.05) is 18.2 Å². The Morgan fingerprint density at radius 1 is 1.30 bits per heavy atom. The van der Waals surface area contributed by atoms with E-state index in [9.17, 15) is 14.0 Å². The number of carboxylic acid groups (broad SMARTS) is 1. The maximum absolute atomic E-state index is 13.6. The zero-order valence-corrected chi connectivity index (χ0v) is 11.6. The fraction of sp³-hybridized carbons (Fsp3) is 0.429. The Hall–Kier alpha value is -1.95. The standard InChI is InChI=1S/C14H18FNO4/c1-14(2,3)20-13(19)10(12(17)18)11(16)8-6-4-5-7-9(8)15/h4-7,10-11H,16H2,1-3H3,(H,17,18). The number of halogens is 1. The number of carboxylic acids is 1. The highest BCUT2D eigenvalue weighted by Crippen LogP contribution is 2.25. The lowest BCUT2D eigenvalue weighted by molar-refractivity contribution is -0.167. The number of nitrogens with two attached hydrogens (primary N) is 1. The Kier molecular flexibility index (Phi) is 4.83. The third kappa shape index (κ3) is 4.03. The van der Waals surface area contributed by atoms with E-state index < -0.39 is 35.3 Å². The summed E-state index contributed by atoms with van der Waals surface area (Å²) in [5, 5.41) is 9.16. The van der Waals surface area contributed by atoms with Gasteiger partial charge in [0.25, 0.3) is 0 Å². The Bertz CT molecular complexity index is 510. The van der Waals surface area contributed by atoms with Gasteiger partial charge < -0.3 is 15.6 Å². The predicted molar refractivity (Wildman–Crippen MR) is 70.3 cm³/mol. The van der Waals surface area contributed by atoms with E-state index in [1.54, 1.807) is 20.8 Å². The second-order valence-electron chi connectivity index (χ2n) is 5.40.